The monoisotopic (exact) mass is 224 g/mol. The Morgan fingerprint density at radius 3 is 2.80 bits per heavy atom. The average Bonchev–Trinajstić information content (AvgIpc) is 2.20. The SMILES string of the molecule is CCC1(C)Nc2ccc(Cl)cc2NC1=O. The molecule has 3 nitrogen and oxygen atoms in total. The van der Waals surface area contributed by atoms with Gasteiger partial charge in [-0.25, -0.2) is 0 Å². The number of hydrogen-bond donors (Lipinski definition) is 2. The Morgan fingerprint density at radius 1 is 1.40 bits per heavy atom. The molecule has 0 spiro atoms. The van der Waals surface area contributed by atoms with E-state index in [1.54, 1.807) is 12.1 Å². The molecular weight excluding hydrogens is 212 g/mol. The lowest BCUT2D eigenvalue weighted by Gasteiger charge is -2.35. The molecule has 0 aliphatic carbocycles. The van der Waals surface area contributed by atoms with Crippen molar-refractivity contribution in [1.82, 2.24) is 0 Å². The van der Waals surface area contributed by atoms with Gasteiger partial charge in [-0.2, -0.15) is 0 Å². The van der Waals surface area contributed by atoms with Crippen molar-refractivity contribution >= 4 is 28.9 Å². The van der Waals surface area contributed by atoms with Crippen molar-refractivity contribution in [3.63, 3.8) is 0 Å². The van der Waals surface area contributed by atoms with Gasteiger partial charge in [0.15, 0.2) is 0 Å². The van der Waals surface area contributed by atoms with Crippen molar-refractivity contribution in [3.8, 4) is 0 Å². The summed E-state index contributed by atoms with van der Waals surface area (Å²) in [7, 11) is 0. The van der Waals surface area contributed by atoms with Crippen LogP contribution in [0.15, 0.2) is 18.2 Å². The Labute approximate surface area is 93.8 Å². The standard InChI is InChI=1S/C11H13ClN2O/c1-3-11(2)10(15)13-9-6-7(12)4-5-8(9)14-11/h4-6,14H,3H2,1-2H3,(H,13,15). The van der Waals surface area contributed by atoms with Gasteiger partial charge in [-0.05, 0) is 31.5 Å². The Bertz CT molecular complexity index is 419. The molecule has 0 bridgehead atoms. The van der Waals surface area contributed by atoms with Crippen LogP contribution in [-0.4, -0.2) is 11.4 Å². The highest BCUT2D eigenvalue weighted by Crippen LogP contribution is 2.33. The number of fused-ring (bicyclic) bond motifs is 1. The number of carbonyl (C=O) groups is 1. The highest BCUT2D eigenvalue weighted by molar-refractivity contribution is 6.31. The fourth-order valence-electron chi connectivity index (χ4n) is 1.59. The molecule has 0 radical (unpaired) electrons. The third-order valence-corrected chi connectivity index (χ3v) is 3.08. The third kappa shape index (κ3) is 1.67. The first-order valence-corrected chi connectivity index (χ1v) is 5.32. The smallest absolute Gasteiger partial charge is 0.249 e. The first kappa shape index (κ1) is 10.3. The normalized spacial score (nSPS) is 24.1. The summed E-state index contributed by atoms with van der Waals surface area (Å²) < 4.78 is 0. The number of hydrogen-bond acceptors (Lipinski definition) is 2. The van der Waals surface area contributed by atoms with E-state index < -0.39 is 5.54 Å². The molecule has 2 rings (SSSR count). The lowest BCUT2D eigenvalue weighted by Crippen LogP contribution is -2.49. The quantitative estimate of drug-likeness (QED) is 0.770. The van der Waals surface area contributed by atoms with Crippen molar-refractivity contribution in [2.45, 2.75) is 25.8 Å². The molecule has 4 heteroatoms. The van der Waals surface area contributed by atoms with Crippen LogP contribution in [0.25, 0.3) is 0 Å². The number of anilines is 2. The van der Waals surface area contributed by atoms with Crippen molar-refractivity contribution in [2.24, 2.45) is 0 Å². The summed E-state index contributed by atoms with van der Waals surface area (Å²) in [4.78, 5) is 11.8. The van der Waals surface area contributed by atoms with E-state index in [9.17, 15) is 4.79 Å². The fraction of sp³-hybridized carbons (Fsp3) is 0.364. The molecule has 1 aliphatic rings. The van der Waals surface area contributed by atoms with Gasteiger partial charge in [0.1, 0.15) is 5.54 Å². The fourth-order valence-corrected chi connectivity index (χ4v) is 1.76. The Hall–Kier alpha value is -1.22. The lowest BCUT2D eigenvalue weighted by atomic mass is 9.94. The summed E-state index contributed by atoms with van der Waals surface area (Å²) in [6, 6.07) is 5.43. The Morgan fingerprint density at radius 2 is 2.13 bits per heavy atom. The first-order valence-electron chi connectivity index (χ1n) is 4.94. The van der Waals surface area contributed by atoms with Gasteiger partial charge in [-0.15, -0.1) is 0 Å². The van der Waals surface area contributed by atoms with Gasteiger partial charge in [0.2, 0.25) is 5.91 Å². The van der Waals surface area contributed by atoms with E-state index in [1.165, 1.54) is 0 Å². The van der Waals surface area contributed by atoms with Crippen LogP contribution in [0.1, 0.15) is 20.3 Å². The molecule has 1 heterocycles. The van der Waals surface area contributed by atoms with Crippen molar-refractivity contribution < 1.29 is 4.79 Å². The molecule has 1 amide bonds. The minimum Gasteiger partial charge on any atom is -0.370 e. The van der Waals surface area contributed by atoms with Crippen LogP contribution < -0.4 is 10.6 Å². The molecule has 15 heavy (non-hydrogen) atoms. The number of nitrogens with one attached hydrogen (secondary N) is 2. The van der Waals surface area contributed by atoms with Gasteiger partial charge in [-0.3, -0.25) is 4.79 Å². The third-order valence-electron chi connectivity index (χ3n) is 2.85. The van der Waals surface area contributed by atoms with E-state index in [1.807, 2.05) is 19.9 Å². The molecule has 2 N–H and O–H groups in total. The van der Waals surface area contributed by atoms with Gasteiger partial charge in [-0.1, -0.05) is 18.5 Å². The maximum atomic E-state index is 11.8. The van der Waals surface area contributed by atoms with Crippen molar-refractivity contribution in [1.29, 1.82) is 0 Å². The van der Waals surface area contributed by atoms with E-state index in [0.717, 1.165) is 17.8 Å². The number of rotatable bonds is 1. The second-order valence-electron chi connectivity index (χ2n) is 3.95. The highest BCUT2D eigenvalue weighted by Gasteiger charge is 2.35. The largest absolute Gasteiger partial charge is 0.370 e. The molecule has 80 valence electrons. The molecule has 1 unspecified atom stereocenters. The summed E-state index contributed by atoms with van der Waals surface area (Å²) in [6.45, 7) is 3.87. The predicted octanol–water partition coefficient (Wildman–Crippen LogP) is 2.87. The van der Waals surface area contributed by atoms with Gasteiger partial charge in [0, 0.05) is 5.02 Å². The summed E-state index contributed by atoms with van der Waals surface area (Å²) in [5, 5.41) is 6.71. The number of carbonyl (C=O) groups excluding carboxylic acids is 1. The second kappa shape index (κ2) is 3.42. The molecule has 1 aromatic carbocycles. The van der Waals surface area contributed by atoms with E-state index in [-0.39, 0.29) is 5.91 Å². The maximum absolute atomic E-state index is 11.8. The molecule has 0 aromatic heterocycles. The van der Waals surface area contributed by atoms with E-state index in [2.05, 4.69) is 10.6 Å². The van der Waals surface area contributed by atoms with E-state index >= 15 is 0 Å². The molecular formula is C11H13ClN2O. The van der Waals surface area contributed by atoms with Crippen LogP contribution in [0.5, 0.6) is 0 Å². The molecule has 0 fully saturated rings. The maximum Gasteiger partial charge on any atom is 0.249 e. The second-order valence-corrected chi connectivity index (χ2v) is 4.39. The van der Waals surface area contributed by atoms with E-state index in [4.69, 9.17) is 11.6 Å². The number of halogens is 1. The molecule has 1 aromatic rings. The highest BCUT2D eigenvalue weighted by atomic mass is 35.5. The van der Waals surface area contributed by atoms with Crippen LogP contribution in [-0.2, 0) is 4.79 Å². The minimum absolute atomic E-state index is 0.0141. The topological polar surface area (TPSA) is 41.1 Å². The van der Waals surface area contributed by atoms with Crippen LogP contribution in [0.4, 0.5) is 11.4 Å². The minimum atomic E-state index is -0.527. The van der Waals surface area contributed by atoms with Crippen LogP contribution in [0.3, 0.4) is 0 Å². The zero-order valence-corrected chi connectivity index (χ0v) is 9.48. The lowest BCUT2D eigenvalue weighted by molar-refractivity contribution is -0.120. The van der Waals surface area contributed by atoms with Crippen molar-refractivity contribution in [3.05, 3.63) is 23.2 Å². The number of amides is 1. The zero-order valence-electron chi connectivity index (χ0n) is 8.73. The zero-order chi connectivity index (χ0) is 11.1. The van der Waals surface area contributed by atoms with Crippen molar-refractivity contribution in [2.75, 3.05) is 10.6 Å². The summed E-state index contributed by atoms with van der Waals surface area (Å²) in [5.41, 5.74) is 1.14. The molecule has 1 aliphatic heterocycles. The first-order chi connectivity index (χ1) is 7.05. The summed E-state index contributed by atoms with van der Waals surface area (Å²) in [6.07, 6.45) is 0.737. The van der Waals surface area contributed by atoms with Gasteiger partial charge >= 0.3 is 0 Å². The van der Waals surface area contributed by atoms with Crippen LogP contribution >= 0.6 is 11.6 Å². The summed E-state index contributed by atoms with van der Waals surface area (Å²) in [5.74, 6) is -0.0141. The summed E-state index contributed by atoms with van der Waals surface area (Å²) >= 11 is 5.85. The number of benzene rings is 1. The van der Waals surface area contributed by atoms with Crippen LogP contribution in [0, 0.1) is 0 Å². The predicted molar refractivity (Wildman–Crippen MR) is 62.4 cm³/mol. The van der Waals surface area contributed by atoms with Gasteiger partial charge < -0.3 is 10.6 Å². The Kier molecular flexibility index (Phi) is 2.35. The molecule has 0 saturated carbocycles. The van der Waals surface area contributed by atoms with E-state index in [0.29, 0.717) is 5.02 Å². The average molecular weight is 225 g/mol. The molecule has 1 atom stereocenters. The van der Waals surface area contributed by atoms with Gasteiger partial charge in [0.05, 0.1) is 11.4 Å². The Balaban J connectivity index is 2.42. The van der Waals surface area contributed by atoms with Crippen LogP contribution in [0.2, 0.25) is 5.02 Å². The molecule has 0 saturated heterocycles. The van der Waals surface area contributed by atoms with Gasteiger partial charge in [0.25, 0.3) is 0 Å².